The first-order valence-corrected chi connectivity index (χ1v) is 22.2. The number of carbonyl (C=O) groups excluding carboxylic acids is 2. The molecule has 2 atom stereocenters. The maximum atomic E-state index is 13.2. The molecule has 0 saturated carbocycles. The van der Waals surface area contributed by atoms with Gasteiger partial charge in [0.05, 0.1) is 34.4 Å². The first-order chi connectivity index (χ1) is 24.0. The number of unbranched alkanes of at least 4 members (excludes halogenated alkanes) is 22. The number of carbonyl (C=O) groups is 2. The maximum Gasteiger partial charge on any atom is 0.475 e. The Morgan fingerprint density at radius 1 is 0.520 bits per heavy atom. The summed E-state index contributed by atoms with van der Waals surface area (Å²) in [6.45, 7) is 6.72. The highest BCUT2D eigenvalue weighted by atomic mass is 31.2. The standard InChI is InChI=1S/C40H81NO8P/c1-7-10-12-14-16-18-20-22-24-26-28-30-32-39(42)45-36-38(37-48-50(44,46-9-3)47-35-34-41(4,5)6)49-40(43)33-31-29-27-25-23-21-19-17-15-13-11-8-2/h38H,7-37H2,1-6H3/q+1. The van der Waals surface area contributed by atoms with E-state index in [9.17, 15) is 14.2 Å². The van der Waals surface area contributed by atoms with E-state index >= 15 is 0 Å². The van der Waals surface area contributed by atoms with Crippen LogP contribution in [0.3, 0.4) is 0 Å². The minimum Gasteiger partial charge on any atom is -0.462 e. The Morgan fingerprint density at radius 2 is 0.920 bits per heavy atom. The molecule has 0 heterocycles. The van der Waals surface area contributed by atoms with Crippen LogP contribution in [-0.2, 0) is 37.2 Å². The number of quaternary nitrogens is 1. The van der Waals surface area contributed by atoms with Crippen molar-refractivity contribution in [2.24, 2.45) is 0 Å². The first kappa shape index (κ1) is 49.0. The molecule has 0 N–H and O–H groups in total. The van der Waals surface area contributed by atoms with E-state index in [1.807, 2.05) is 21.1 Å². The van der Waals surface area contributed by atoms with Crippen molar-refractivity contribution in [2.75, 3.05) is 54.1 Å². The Hall–Kier alpha value is -0.990. The number of nitrogens with zero attached hydrogens (tertiary/aromatic N) is 1. The highest BCUT2D eigenvalue weighted by Crippen LogP contribution is 2.49. The van der Waals surface area contributed by atoms with Crippen molar-refractivity contribution in [3.8, 4) is 0 Å². The molecule has 0 bridgehead atoms. The average Bonchev–Trinajstić information content (AvgIpc) is 3.06. The number of esters is 2. The van der Waals surface area contributed by atoms with Crippen LogP contribution in [0, 0.1) is 0 Å². The van der Waals surface area contributed by atoms with E-state index in [2.05, 4.69) is 13.8 Å². The third kappa shape index (κ3) is 34.1. The first-order valence-electron chi connectivity index (χ1n) is 20.7. The summed E-state index contributed by atoms with van der Waals surface area (Å²) in [5.74, 6) is -0.703. The van der Waals surface area contributed by atoms with Gasteiger partial charge in [0, 0.05) is 12.8 Å². The molecule has 0 aromatic heterocycles. The Kier molecular flexibility index (Phi) is 33.2. The lowest BCUT2D eigenvalue weighted by atomic mass is 10.0. The molecule has 10 heteroatoms. The SMILES string of the molecule is CCCCCCCCCCCCCCC(=O)OCC(COP(=O)(OCC)OCC[N+](C)(C)C)OC(=O)CCCCCCCCCCCCCC. The van der Waals surface area contributed by atoms with Gasteiger partial charge >= 0.3 is 19.8 Å². The molecule has 9 nitrogen and oxygen atoms in total. The molecule has 0 aromatic rings. The Balaban J connectivity index is 4.60. The Labute approximate surface area is 308 Å². The van der Waals surface area contributed by atoms with Crippen LogP contribution in [0.4, 0.5) is 0 Å². The van der Waals surface area contributed by atoms with Gasteiger partial charge in [-0.1, -0.05) is 155 Å². The molecule has 298 valence electrons. The lowest BCUT2D eigenvalue weighted by Crippen LogP contribution is -2.37. The number of ether oxygens (including phenoxy) is 2. The third-order valence-corrected chi connectivity index (χ3v) is 10.5. The molecule has 0 aromatic carbocycles. The van der Waals surface area contributed by atoms with Crippen LogP contribution in [0.25, 0.3) is 0 Å². The molecule has 0 spiro atoms. The second-order valence-corrected chi connectivity index (χ2v) is 16.7. The zero-order chi connectivity index (χ0) is 37.2. The topological polar surface area (TPSA) is 97.4 Å². The molecule has 0 radical (unpaired) electrons. The molecule has 0 aliphatic carbocycles. The summed E-state index contributed by atoms with van der Waals surface area (Å²) in [7, 11) is 2.14. The van der Waals surface area contributed by atoms with E-state index in [4.69, 9.17) is 23.0 Å². The molecule has 0 aliphatic heterocycles. The molecule has 0 fully saturated rings. The summed E-state index contributed by atoms with van der Waals surface area (Å²) in [6.07, 6.45) is 29.0. The average molecular weight is 735 g/mol. The predicted molar refractivity (Wildman–Crippen MR) is 206 cm³/mol. The van der Waals surface area contributed by atoms with Gasteiger partial charge in [-0.25, -0.2) is 4.57 Å². The van der Waals surface area contributed by atoms with Crippen LogP contribution in [0.1, 0.15) is 188 Å². The molecule has 0 aliphatic rings. The van der Waals surface area contributed by atoms with Crippen molar-refractivity contribution in [3.05, 3.63) is 0 Å². The minimum absolute atomic E-state index is 0.138. The zero-order valence-electron chi connectivity index (χ0n) is 33.7. The van der Waals surface area contributed by atoms with Crippen molar-refractivity contribution in [3.63, 3.8) is 0 Å². The van der Waals surface area contributed by atoms with Gasteiger partial charge in [-0.05, 0) is 19.8 Å². The van der Waals surface area contributed by atoms with Crippen LogP contribution in [0.5, 0.6) is 0 Å². The van der Waals surface area contributed by atoms with Gasteiger partial charge in [0.25, 0.3) is 0 Å². The molecule has 0 saturated heterocycles. The van der Waals surface area contributed by atoms with Gasteiger partial charge in [0.15, 0.2) is 6.10 Å². The molecule has 0 amide bonds. The van der Waals surface area contributed by atoms with Crippen molar-refractivity contribution in [2.45, 2.75) is 194 Å². The number of phosphoric ester groups is 1. The van der Waals surface area contributed by atoms with Gasteiger partial charge in [-0.15, -0.1) is 0 Å². The zero-order valence-corrected chi connectivity index (χ0v) is 34.6. The largest absolute Gasteiger partial charge is 0.475 e. The summed E-state index contributed by atoms with van der Waals surface area (Å²) >= 11 is 0. The summed E-state index contributed by atoms with van der Waals surface area (Å²) in [6, 6.07) is 0. The second kappa shape index (κ2) is 33.8. The van der Waals surface area contributed by atoms with Crippen LogP contribution in [0.2, 0.25) is 0 Å². The summed E-state index contributed by atoms with van der Waals surface area (Å²) in [5.41, 5.74) is 0. The molecular weight excluding hydrogens is 653 g/mol. The predicted octanol–water partition coefficient (Wildman–Crippen LogP) is 11.5. The second-order valence-electron chi connectivity index (χ2n) is 15.1. The van der Waals surface area contributed by atoms with E-state index in [1.54, 1.807) is 6.92 Å². The van der Waals surface area contributed by atoms with Crippen molar-refractivity contribution < 1.29 is 41.7 Å². The van der Waals surface area contributed by atoms with Crippen LogP contribution >= 0.6 is 7.82 Å². The molecule has 0 rings (SSSR count). The Bertz CT molecular complexity index is 835. The smallest absolute Gasteiger partial charge is 0.462 e. The number of likely N-dealkylation sites (N-methyl/N-ethyl adjacent to an activating group) is 1. The number of hydrogen-bond donors (Lipinski definition) is 0. The lowest BCUT2D eigenvalue weighted by Gasteiger charge is -2.25. The highest BCUT2D eigenvalue weighted by molar-refractivity contribution is 7.48. The fourth-order valence-corrected chi connectivity index (χ4v) is 6.90. The van der Waals surface area contributed by atoms with Crippen molar-refractivity contribution in [1.29, 1.82) is 0 Å². The van der Waals surface area contributed by atoms with Crippen LogP contribution < -0.4 is 0 Å². The Morgan fingerprint density at radius 3 is 1.32 bits per heavy atom. The van der Waals surface area contributed by atoms with Crippen LogP contribution in [-0.4, -0.2) is 76.6 Å². The number of hydrogen-bond acceptors (Lipinski definition) is 8. The van der Waals surface area contributed by atoms with E-state index < -0.39 is 13.9 Å². The third-order valence-electron chi connectivity index (χ3n) is 8.91. The molecular formula is C40H81NO8P+. The van der Waals surface area contributed by atoms with E-state index in [0.29, 0.717) is 17.4 Å². The maximum absolute atomic E-state index is 13.2. The molecule has 50 heavy (non-hydrogen) atoms. The van der Waals surface area contributed by atoms with Gasteiger partial charge in [-0.3, -0.25) is 23.2 Å². The van der Waals surface area contributed by atoms with Crippen molar-refractivity contribution >= 4 is 19.8 Å². The highest BCUT2D eigenvalue weighted by Gasteiger charge is 2.30. The normalized spacial score (nSPS) is 13.6. The summed E-state index contributed by atoms with van der Waals surface area (Å²) < 4.78 is 41.6. The lowest BCUT2D eigenvalue weighted by molar-refractivity contribution is -0.870. The summed E-state index contributed by atoms with van der Waals surface area (Å²) in [4.78, 5) is 25.3. The van der Waals surface area contributed by atoms with Gasteiger partial charge < -0.3 is 14.0 Å². The van der Waals surface area contributed by atoms with E-state index in [0.717, 1.165) is 38.5 Å². The van der Waals surface area contributed by atoms with E-state index in [-0.39, 0.29) is 44.8 Å². The van der Waals surface area contributed by atoms with Crippen LogP contribution in [0.15, 0.2) is 0 Å². The fraction of sp³-hybridized carbons (Fsp3) is 0.950. The van der Waals surface area contributed by atoms with Gasteiger partial charge in [0.2, 0.25) is 0 Å². The van der Waals surface area contributed by atoms with E-state index in [1.165, 1.54) is 116 Å². The monoisotopic (exact) mass is 735 g/mol. The number of rotatable bonds is 38. The fourth-order valence-electron chi connectivity index (χ4n) is 5.71. The minimum atomic E-state index is -3.88. The summed E-state index contributed by atoms with van der Waals surface area (Å²) in [5, 5.41) is 0. The van der Waals surface area contributed by atoms with Gasteiger partial charge in [0.1, 0.15) is 19.8 Å². The molecule has 2 unspecified atom stereocenters. The quantitative estimate of drug-likeness (QED) is 0.0268. The number of phosphoric acid groups is 1. The van der Waals surface area contributed by atoms with Crippen molar-refractivity contribution in [1.82, 2.24) is 0 Å². The van der Waals surface area contributed by atoms with Gasteiger partial charge in [-0.2, -0.15) is 0 Å².